The average Bonchev–Trinajstić information content (AvgIpc) is 2.49. The minimum Gasteiger partial charge on any atom is -0.507 e. The zero-order valence-corrected chi connectivity index (χ0v) is 11.5. The molecule has 2 rings (SSSR count). The third-order valence-corrected chi connectivity index (χ3v) is 2.77. The molecule has 2 aromatic carbocycles. The highest BCUT2D eigenvalue weighted by atomic mass is 19.3. The number of carbonyl (C=O) groups is 1. The average molecular weight is 329 g/mol. The summed E-state index contributed by atoms with van der Waals surface area (Å²) in [5.41, 5.74) is 0.239. The van der Waals surface area contributed by atoms with E-state index in [9.17, 15) is 27.5 Å². The Morgan fingerprint density at radius 2 is 1.70 bits per heavy atom. The molecule has 122 valence electrons. The summed E-state index contributed by atoms with van der Waals surface area (Å²) < 4.78 is 53.4. The minimum absolute atomic E-state index is 0.0251. The molecule has 0 fully saturated rings. The number of ether oxygens (including phenoxy) is 1. The van der Waals surface area contributed by atoms with Crippen LogP contribution in [0.3, 0.4) is 0 Å². The van der Waals surface area contributed by atoms with Crippen LogP contribution in [0.4, 0.5) is 23.2 Å². The van der Waals surface area contributed by atoms with Gasteiger partial charge in [-0.3, -0.25) is 4.79 Å². The quantitative estimate of drug-likeness (QED) is 0.819. The summed E-state index contributed by atoms with van der Waals surface area (Å²) in [6.45, 7) is 0. The van der Waals surface area contributed by atoms with Gasteiger partial charge in [0.05, 0.1) is 5.56 Å². The number of carbonyl (C=O) groups excluding carboxylic acids is 1. The van der Waals surface area contributed by atoms with Crippen LogP contribution in [0.15, 0.2) is 48.5 Å². The van der Waals surface area contributed by atoms with Gasteiger partial charge in [0.1, 0.15) is 11.5 Å². The minimum atomic E-state index is -4.60. The normalized spacial score (nSPS) is 11.3. The van der Waals surface area contributed by atoms with E-state index in [1.807, 2.05) is 0 Å². The van der Waals surface area contributed by atoms with E-state index in [0.717, 1.165) is 12.1 Å². The van der Waals surface area contributed by atoms with E-state index in [0.29, 0.717) is 0 Å². The van der Waals surface area contributed by atoms with Crippen molar-refractivity contribution in [2.75, 3.05) is 5.32 Å². The molecule has 0 aromatic heterocycles. The Morgan fingerprint density at radius 1 is 1.09 bits per heavy atom. The number of phenols is 1. The topological polar surface area (TPSA) is 58.6 Å². The number of para-hydroxylation sites is 1. The highest BCUT2D eigenvalue weighted by Crippen LogP contribution is 2.28. The molecule has 0 saturated carbocycles. The van der Waals surface area contributed by atoms with Crippen LogP contribution in [0.25, 0.3) is 0 Å². The lowest BCUT2D eigenvalue weighted by Crippen LogP contribution is -2.33. The number of hydrogen-bond acceptors (Lipinski definition) is 3. The van der Waals surface area contributed by atoms with E-state index in [4.69, 9.17) is 0 Å². The van der Waals surface area contributed by atoms with E-state index in [-0.39, 0.29) is 17.0 Å². The Bertz CT molecular complexity index is 689. The Kier molecular flexibility index (Phi) is 4.73. The number of amides is 1. The van der Waals surface area contributed by atoms with Gasteiger partial charge in [-0.2, -0.15) is 17.6 Å². The predicted octanol–water partition coefficient (Wildman–Crippen LogP) is 3.88. The van der Waals surface area contributed by atoms with Crippen LogP contribution in [-0.2, 0) is 0 Å². The SMILES string of the molecule is O=C(Nc1ccc(OC(F)(F)C(F)F)cc1)c1ccccc1O. The van der Waals surface area contributed by atoms with E-state index >= 15 is 0 Å². The van der Waals surface area contributed by atoms with E-state index < -0.39 is 24.2 Å². The second-order valence-electron chi connectivity index (χ2n) is 4.46. The molecule has 1 amide bonds. The maximum Gasteiger partial charge on any atom is 0.461 e. The molecule has 0 atom stereocenters. The molecule has 0 radical (unpaired) electrons. The first kappa shape index (κ1) is 16.6. The molecule has 0 aliphatic carbocycles. The van der Waals surface area contributed by atoms with Crippen LogP contribution in [0.1, 0.15) is 10.4 Å². The number of hydrogen-bond donors (Lipinski definition) is 2. The van der Waals surface area contributed by atoms with Crippen molar-refractivity contribution in [2.45, 2.75) is 12.5 Å². The largest absolute Gasteiger partial charge is 0.507 e. The van der Waals surface area contributed by atoms with Crippen LogP contribution in [0.2, 0.25) is 0 Å². The van der Waals surface area contributed by atoms with Crippen LogP contribution in [-0.4, -0.2) is 23.5 Å². The number of benzene rings is 2. The fraction of sp³-hybridized carbons (Fsp3) is 0.133. The second-order valence-corrected chi connectivity index (χ2v) is 4.46. The summed E-state index contributed by atoms with van der Waals surface area (Å²) in [6, 6.07) is 10.3. The molecule has 2 aromatic rings. The smallest absolute Gasteiger partial charge is 0.461 e. The van der Waals surface area contributed by atoms with Crippen molar-refractivity contribution in [1.82, 2.24) is 0 Å². The summed E-state index contributed by atoms with van der Waals surface area (Å²) in [4.78, 5) is 11.9. The number of rotatable bonds is 5. The number of halogens is 4. The fourth-order valence-electron chi connectivity index (χ4n) is 1.67. The van der Waals surface area contributed by atoms with Crippen LogP contribution in [0.5, 0.6) is 11.5 Å². The molecule has 0 spiro atoms. The van der Waals surface area contributed by atoms with Gasteiger partial charge in [-0.05, 0) is 36.4 Å². The monoisotopic (exact) mass is 329 g/mol. The first-order valence-electron chi connectivity index (χ1n) is 6.34. The van der Waals surface area contributed by atoms with Crippen molar-refractivity contribution >= 4 is 11.6 Å². The molecular weight excluding hydrogens is 318 g/mol. The zero-order chi connectivity index (χ0) is 17.0. The van der Waals surface area contributed by atoms with Crippen molar-refractivity contribution in [3.63, 3.8) is 0 Å². The second kappa shape index (κ2) is 6.55. The molecule has 0 unspecified atom stereocenters. The fourth-order valence-corrected chi connectivity index (χ4v) is 1.67. The molecule has 0 bridgehead atoms. The van der Waals surface area contributed by atoms with Crippen molar-refractivity contribution < 1.29 is 32.2 Å². The molecular formula is C15H11F4NO3. The van der Waals surface area contributed by atoms with Gasteiger partial charge in [-0.15, -0.1) is 0 Å². The molecule has 0 aliphatic rings. The summed E-state index contributed by atoms with van der Waals surface area (Å²) in [7, 11) is 0. The summed E-state index contributed by atoms with van der Waals surface area (Å²) in [5.74, 6) is -1.31. The van der Waals surface area contributed by atoms with Crippen LogP contribution < -0.4 is 10.1 Å². The van der Waals surface area contributed by atoms with Crippen molar-refractivity contribution in [1.29, 1.82) is 0 Å². The van der Waals surface area contributed by atoms with Crippen LogP contribution >= 0.6 is 0 Å². The number of anilines is 1. The maximum absolute atomic E-state index is 12.7. The third kappa shape index (κ3) is 4.12. The molecule has 8 heteroatoms. The summed E-state index contributed by atoms with van der Waals surface area (Å²) >= 11 is 0. The number of aromatic hydroxyl groups is 1. The standard InChI is InChI=1S/C15H11F4NO3/c16-14(17)15(18,19)23-10-7-5-9(6-8-10)20-13(22)11-3-1-2-4-12(11)21/h1-8,14,21H,(H,20,22). The number of alkyl halides is 4. The van der Waals surface area contributed by atoms with Gasteiger partial charge >= 0.3 is 12.5 Å². The van der Waals surface area contributed by atoms with Crippen LogP contribution in [0, 0.1) is 0 Å². The van der Waals surface area contributed by atoms with Crippen molar-refractivity contribution in [3.8, 4) is 11.5 Å². The predicted molar refractivity (Wildman–Crippen MR) is 74.1 cm³/mol. The molecule has 0 heterocycles. The first-order chi connectivity index (χ1) is 10.8. The van der Waals surface area contributed by atoms with Crippen molar-refractivity contribution in [3.05, 3.63) is 54.1 Å². The van der Waals surface area contributed by atoms with Gasteiger partial charge in [-0.1, -0.05) is 12.1 Å². The molecule has 0 saturated heterocycles. The Labute approximate surface area is 128 Å². The Hall–Kier alpha value is -2.77. The molecule has 4 nitrogen and oxygen atoms in total. The van der Waals surface area contributed by atoms with E-state index in [1.54, 1.807) is 12.1 Å². The highest BCUT2D eigenvalue weighted by molar-refractivity contribution is 6.06. The Balaban J connectivity index is 2.06. The summed E-state index contributed by atoms with van der Waals surface area (Å²) in [5, 5.41) is 12.0. The maximum atomic E-state index is 12.7. The first-order valence-corrected chi connectivity index (χ1v) is 6.34. The molecule has 0 aliphatic heterocycles. The highest BCUT2D eigenvalue weighted by Gasteiger charge is 2.43. The van der Waals surface area contributed by atoms with Gasteiger partial charge in [0, 0.05) is 5.69 Å². The van der Waals surface area contributed by atoms with Crippen molar-refractivity contribution in [2.24, 2.45) is 0 Å². The third-order valence-electron chi connectivity index (χ3n) is 2.77. The Morgan fingerprint density at radius 3 is 2.26 bits per heavy atom. The van der Waals surface area contributed by atoms with Gasteiger partial charge in [0.15, 0.2) is 0 Å². The zero-order valence-electron chi connectivity index (χ0n) is 11.5. The van der Waals surface area contributed by atoms with E-state index in [1.165, 1.54) is 24.3 Å². The molecule has 2 N–H and O–H groups in total. The lowest BCUT2D eigenvalue weighted by molar-refractivity contribution is -0.253. The van der Waals surface area contributed by atoms with Gasteiger partial charge in [0.2, 0.25) is 0 Å². The lowest BCUT2D eigenvalue weighted by Gasteiger charge is -2.17. The van der Waals surface area contributed by atoms with Gasteiger partial charge in [-0.25, -0.2) is 0 Å². The summed E-state index contributed by atoms with van der Waals surface area (Å²) in [6.07, 6.45) is -8.55. The number of phenolic OH excluding ortho intramolecular Hbond substituents is 1. The van der Waals surface area contributed by atoms with Gasteiger partial charge in [0.25, 0.3) is 5.91 Å². The lowest BCUT2D eigenvalue weighted by atomic mass is 10.2. The number of nitrogens with one attached hydrogen (secondary N) is 1. The van der Waals surface area contributed by atoms with Gasteiger partial charge < -0.3 is 15.2 Å². The van der Waals surface area contributed by atoms with E-state index in [2.05, 4.69) is 10.1 Å². The molecule has 23 heavy (non-hydrogen) atoms.